The zero-order valence-corrected chi connectivity index (χ0v) is 9.64. The third-order valence-corrected chi connectivity index (χ3v) is 4.46. The van der Waals surface area contributed by atoms with Crippen molar-refractivity contribution in [3.63, 3.8) is 0 Å². The van der Waals surface area contributed by atoms with Gasteiger partial charge in [-0.15, -0.1) is 11.6 Å². The number of allylic oxidation sites excluding steroid dienone is 1. The fourth-order valence-corrected chi connectivity index (χ4v) is 2.53. The molecular weight excluding hydrogens is 196 g/mol. The highest BCUT2D eigenvalue weighted by molar-refractivity contribution is 6.66. The van der Waals surface area contributed by atoms with Gasteiger partial charge in [0.25, 0.3) is 0 Å². The lowest BCUT2D eigenvalue weighted by atomic mass is 10.4. The molecule has 72 valence electrons. The second kappa shape index (κ2) is 5.72. The fourth-order valence-electron chi connectivity index (χ4n) is 0.767. The molecule has 0 saturated heterocycles. The van der Waals surface area contributed by atoms with E-state index >= 15 is 0 Å². The molecule has 0 aromatic carbocycles. The Morgan fingerprint density at radius 2 is 1.67 bits per heavy atom. The van der Waals surface area contributed by atoms with Gasteiger partial charge in [-0.25, -0.2) is 0 Å². The molecule has 0 aliphatic heterocycles. The first-order valence-corrected chi connectivity index (χ1v) is 5.87. The maximum Gasteiger partial charge on any atom is 0.528 e. The molecule has 0 N–H and O–H groups in total. The molecule has 0 aromatic rings. The van der Waals surface area contributed by atoms with E-state index in [1.54, 1.807) is 21.3 Å². The molecule has 0 aliphatic rings. The van der Waals surface area contributed by atoms with Gasteiger partial charge < -0.3 is 13.3 Å². The van der Waals surface area contributed by atoms with Gasteiger partial charge in [-0.1, -0.05) is 5.57 Å². The van der Waals surface area contributed by atoms with E-state index in [-0.39, 0.29) is 0 Å². The summed E-state index contributed by atoms with van der Waals surface area (Å²) in [5.74, 6) is 0.463. The molecule has 3 nitrogen and oxygen atoms in total. The largest absolute Gasteiger partial charge is 0.528 e. The van der Waals surface area contributed by atoms with E-state index < -0.39 is 8.80 Å². The van der Waals surface area contributed by atoms with Crippen molar-refractivity contribution in [2.75, 3.05) is 27.2 Å². The lowest BCUT2D eigenvalue weighted by Crippen LogP contribution is -2.41. The molecule has 0 atom stereocenters. The first-order chi connectivity index (χ1) is 5.64. The Labute approximate surface area is 79.6 Å². The number of alkyl halides is 1. The van der Waals surface area contributed by atoms with Crippen LogP contribution in [-0.4, -0.2) is 36.0 Å². The molecule has 0 fully saturated rings. The van der Waals surface area contributed by atoms with Crippen LogP contribution in [0.5, 0.6) is 0 Å². The van der Waals surface area contributed by atoms with Crippen LogP contribution in [0, 0.1) is 0 Å². The summed E-state index contributed by atoms with van der Waals surface area (Å²) in [7, 11) is 2.15. The standard InChI is InChI=1S/C7H15ClO3Si/c1-7(5-8)6-12(9-2,10-3)11-4/h6H,5H2,1-4H3. The van der Waals surface area contributed by atoms with E-state index in [2.05, 4.69) is 0 Å². The Kier molecular flexibility index (Phi) is 5.78. The molecule has 0 aromatic heterocycles. The Morgan fingerprint density at radius 3 is 1.92 bits per heavy atom. The molecule has 0 radical (unpaired) electrons. The van der Waals surface area contributed by atoms with Crippen molar-refractivity contribution in [1.29, 1.82) is 0 Å². The minimum Gasteiger partial charge on any atom is -0.374 e. The maximum absolute atomic E-state index is 5.62. The van der Waals surface area contributed by atoms with Crippen molar-refractivity contribution < 1.29 is 13.3 Å². The average molecular weight is 211 g/mol. The van der Waals surface area contributed by atoms with Crippen LogP contribution in [0.3, 0.4) is 0 Å². The summed E-state index contributed by atoms with van der Waals surface area (Å²) in [5.41, 5.74) is 2.83. The van der Waals surface area contributed by atoms with Gasteiger partial charge in [-0.05, 0) is 12.6 Å². The molecule has 0 amide bonds. The Balaban J connectivity index is 4.49. The SMILES string of the molecule is CO[Si](C=C(C)CCl)(OC)OC. The van der Waals surface area contributed by atoms with E-state index in [1.165, 1.54) is 0 Å². The molecule has 0 saturated carbocycles. The van der Waals surface area contributed by atoms with Crippen molar-refractivity contribution in [3.05, 3.63) is 11.3 Å². The van der Waals surface area contributed by atoms with Gasteiger partial charge in [0.1, 0.15) is 0 Å². The highest BCUT2D eigenvalue weighted by Crippen LogP contribution is 2.11. The second-order valence-electron chi connectivity index (χ2n) is 2.34. The van der Waals surface area contributed by atoms with E-state index in [9.17, 15) is 0 Å². The van der Waals surface area contributed by atoms with E-state index in [0.717, 1.165) is 5.57 Å². The highest BCUT2D eigenvalue weighted by Gasteiger charge is 2.34. The summed E-state index contributed by atoms with van der Waals surface area (Å²) in [4.78, 5) is 0. The average Bonchev–Trinajstić information content (AvgIpc) is 2.14. The smallest absolute Gasteiger partial charge is 0.374 e. The monoisotopic (exact) mass is 210 g/mol. The quantitative estimate of drug-likeness (QED) is 0.510. The van der Waals surface area contributed by atoms with Crippen LogP contribution in [-0.2, 0) is 13.3 Å². The number of hydrogen-bond acceptors (Lipinski definition) is 3. The van der Waals surface area contributed by atoms with E-state index in [1.807, 2.05) is 12.6 Å². The summed E-state index contributed by atoms with van der Waals surface area (Å²) in [5, 5.41) is 0. The van der Waals surface area contributed by atoms with Gasteiger partial charge >= 0.3 is 8.80 Å². The van der Waals surface area contributed by atoms with Crippen LogP contribution in [0.2, 0.25) is 0 Å². The third kappa shape index (κ3) is 3.24. The number of hydrogen-bond donors (Lipinski definition) is 0. The topological polar surface area (TPSA) is 27.7 Å². The van der Waals surface area contributed by atoms with Gasteiger partial charge in [0.15, 0.2) is 0 Å². The number of rotatable bonds is 5. The summed E-state index contributed by atoms with van der Waals surface area (Å²) < 4.78 is 15.5. The summed E-state index contributed by atoms with van der Waals surface area (Å²) in [6.07, 6.45) is 0. The summed E-state index contributed by atoms with van der Waals surface area (Å²) in [6, 6.07) is 0. The number of halogens is 1. The van der Waals surface area contributed by atoms with Crippen molar-refractivity contribution in [1.82, 2.24) is 0 Å². The lowest BCUT2D eigenvalue weighted by molar-refractivity contribution is 0.138. The minimum atomic E-state index is -2.55. The van der Waals surface area contributed by atoms with Gasteiger partial charge in [-0.2, -0.15) is 0 Å². The van der Waals surface area contributed by atoms with Crippen LogP contribution in [0.15, 0.2) is 11.3 Å². The van der Waals surface area contributed by atoms with Crippen LogP contribution in [0.1, 0.15) is 6.92 Å². The Hall–Kier alpha value is 0.127. The second-order valence-corrected chi connectivity index (χ2v) is 5.33. The third-order valence-electron chi connectivity index (χ3n) is 1.49. The maximum atomic E-state index is 5.62. The van der Waals surface area contributed by atoms with Crippen molar-refractivity contribution >= 4 is 20.4 Å². The normalized spacial score (nSPS) is 13.6. The lowest BCUT2D eigenvalue weighted by Gasteiger charge is -2.21. The Morgan fingerprint density at radius 1 is 1.25 bits per heavy atom. The van der Waals surface area contributed by atoms with Gasteiger partial charge in [0, 0.05) is 27.2 Å². The van der Waals surface area contributed by atoms with Crippen LogP contribution < -0.4 is 0 Å². The molecule has 0 rings (SSSR count). The first-order valence-electron chi connectivity index (χ1n) is 3.54. The van der Waals surface area contributed by atoms with Crippen molar-refractivity contribution in [2.24, 2.45) is 0 Å². The van der Waals surface area contributed by atoms with E-state index in [0.29, 0.717) is 5.88 Å². The zero-order chi connectivity index (χ0) is 9.61. The van der Waals surface area contributed by atoms with E-state index in [4.69, 9.17) is 24.9 Å². The summed E-state index contributed by atoms with van der Waals surface area (Å²) in [6.45, 7) is 1.91. The first kappa shape index (κ1) is 12.1. The van der Waals surface area contributed by atoms with Gasteiger partial charge in [0.2, 0.25) is 0 Å². The van der Waals surface area contributed by atoms with Crippen molar-refractivity contribution in [2.45, 2.75) is 6.92 Å². The van der Waals surface area contributed by atoms with Gasteiger partial charge in [-0.3, -0.25) is 0 Å². The molecule has 12 heavy (non-hydrogen) atoms. The molecule has 0 bridgehead atoms. The predicted octanol–water partition coefficient (Wildman–Crippen LogP) is 1.59. The molecule has 0 aliphatic carbocycles. The van der Waals surface area contributed by atoms with Crippen molar-refractivity contribution in [3.8, 4) is 0 Å². The summed E-state index contributed by atoms with van der Waals surface area (Å²) >= 11 is 5.62. The molecule has 5 heteroatoms. The predicted molar refractivity (Wildman–Crippen MR) is 51.3 cm³/mol. The zero-order valence-electron chi connectivity index (χ0n) is 7.89. The minimum absolute atomic E-state index is 0.463. The Bertz CT molecular complexity index is 148. The fraction of sp³-hybridized carbons (Fsp3) is 0.714. The van der Waals surface area contributed by atoms with Crippen LogP contribution in [0.25, 0.3) is 0 Å². The molecular formula is C7H15ClO3Si. The van der Waals surface area contributed by atoms with Gasteiger partial charge in [0.05, 0.1) is 0 Å². The molecule has 0 heterocycles. The van der Waals surface area contributed by atoms with Crippen LogP contribution >= 0.6 is 11.6 Å². The molecule has 0 unspecified atom stereocenters. The molecule has 0 spiro atoms. The van der Waals surface area contributed by atoms with Crippen LogP contribution in [0.4, 0.5) is 0 Å². The highest BCUT2D eigenvalue weighted by atomic mass is 35.5.